The molecule has 0 spiro atoms. The average molecular weight is 384 g/mol. The summed E-state index contributed by atoms with van der Waals surface area (Å²) >= 11 is 0. The number of fused-ring (bicyclic) bond motifs is 3. The maximum Gasteiger partial charge on any atom is 0.223 e. The van der Waals surface area contributed by atoms with E-state index in [1.807, 2.05) is 29.4 Å². The first-order chi connectivity index (χ1) is 13.7. The Hall–Kier alpha value is -2.61. The number of nitrogens with one attached hydrogen (secondary N) is 2. The van der Waals surface area contributed by atoms with Crippen LogP contribution in [-0.4, -0.2) is 51.8 Å². The standard InChI is InChI=1S/C20H25FN6O/c21-15-5-3-14(4-6-15)16-13-17-20-23-22-18(26(20)11-12-27(17)24-16)7-8-19(28)25-9-1-2-10-25/h3-6,11-12,16-17,20,23-24H,1-2,7-10,13H2. The summed E-state index contributed by atoms with van der Waals surface area (Å²) in [7, 11) is 0. The van der Waals surface area contributed by atoms with Crippen molar-refractivity contribution in [1.29, 1.82) is 0 Å². The molecule has 5 rings (SSSR count). The second-order valence-electron chi connectivity index (χ2n) is 7.84. The van der Waals surface area contributed by atoms with Crippen LogP contribution in [0.4, 0.5) is 4.39 Å². The first kappa shape index (κ1) is 17.5. The van der Waals surface area contributed by atoms with Crippen molar-refractivity contribution in [1.82, 2.24) is 25.7 Å². The maximum atomic E-state index is 13.2. The zero-order valence-corrected chi connectivity index (χ0v) is 15.7. The van der Waals surface area contributed by atoms with Gasteiger partial charge >= 0.3 is 0 Å². The Morgan fingerprint density at radius 2 is 1.96 bits per heavy atom. The number of hydrazone groups is 1. The van der Waals surface area contributed by atoms with Crippen molar-refractivity contribution in [3.63, 3.8) is 0 Å². The van der Waals surface area contributed by atoms with Crippen molar-refractivity contribution in [2.24, 2.45) is 5.10 Å². The summed E-state index contributed by atoms with van der Waals surface area (Å²) in [6.07, 6.45) is 8.35. The number of likely N-dealkylation sites (tertiary alicyclic amines) is 1. The molecular weight excluding hydrogens is 359 g/mol. The number of hydrazine groups is 1. The largest absolute Gasteiger partial charge is 0.343 e. The molecule has 2 N–H and O–H groups in total. The highest BCUT2D eigenvalue weighted by molar-refractivity contribution is 5.89. The van der Waals surface area contributed by atoms with Crippen LogP contribution in [0.2, 0.25) is 0 Å². The molecule has 4 aliphatic heterocycles. The normalized spacial score (nSPS) is 28.2. The minimum Gasteiger partial charge on any atom is -0.343 e. The van der Waals surface area contributed by atoms with Gasteiger partial charge in [-0.1, -0.05) is 12.1 Å². The molecule has 0 aliphatic carbocycles. The van der Waals surface area contributed by atoms with Crippen LogP contribution < -0.4 is 10.9 Å². The van der Waals surface area contributed by atoms with Crippen LogP contribution in [0, 0.1) is 5.82 Å². The maximum absolute atomic E-state index is 13.2. The number of halogens is 1. The minimum absolute atomic E-state index is 0.0415. The monoisotopic (exact) mass is 384 g/mol. The van der Waals surface area contributed by atoms with Crippen molar-refractivity contribution in [2.45, 2.75) is 50.4 Å². The Balaban J connectivity index is 1.21. The Kier molecular flexibility index (Phi) is 4.43. The molecule has 2 fully saturated rings. The average Bonchev–Trinajstić information content (AvgIpc) is 3.44. The van der Waals surface area contributed by atoms with Gasteiger partial charge in [-0.05, 0) is 37.0 Å². The van der Waals surface area contributed by atoms with Crippen LogP contribution >= 0.6 is 0 Å². The summed E-state index contributed by atoms with van der Waals surface area (Å²) < 4.78 is 13.2. The van der Waals surface area contributed by atoms with Gasteiger partial charge < -0.3 is 14.8 Å². The van der Waals surface area contributed by atoms with Crippen molar-refractivity contribution < 1.29 is 9.18 Å². The van der Waals surface area contributed by atoms with E-state index in [0.717, 1.165) is 43.8 Å². The fourth-order valence-electron chi connectivity index (χ4n) is 4.57. The lowest BCUT2D eigenvalue weighted by Gasteiger charge is -2.37. The summed E-state index contributed by atoms with van der Waals surface area (Å²) in [6.45, 7) is 1.78. The van der Waals surface area contributed by atoms with E-state index >= 15 is 0 Å². The van der Waals surface area contributed by atoms with E-state index in [2.05, 4.69) is 25.9 Å². The first-order valence-electron chi connectivity index (χ1n) is 10.1. The van der Waals surface area contributed by atoms with Crippen LogP contribution in [0.3, 0.4) is 0 Å². The fraction of sp³-hybridized carbons (Fsp3) is 0.500. The molecule has 0 saturated carbocycles. The van der Waals surface area contributed by atoms with Crippen LogP contribution in [0.5, 0.6) is 0 Å². The van der Waals surface area contributed by atoms with Crippen molar-refractivity contribution in [3.8, 4) is 0 Å². The van der Waals surface area contributed by atoms with E-state index in [9.17, 15) is 9.18 Å². The smallest absolute Gasteiger partial charge is 0.223 e. The van der Waals surface area contributed by atoms with Gasteiger partial charge in [0.15, 0.2) is 0 Å². The summed E-state index contributed by atoms with van der Waals surface area (Å²) in [5, 5.41) is 6.62. The van der Waals surface area contributed by atoms with Crippen molar-refractivity contribution in [3.05, 3.63) is 48.0 Å². The van der Waals surface area contributed by atoms with Gasteiger partial charge in [0.05, 0.1) is 12.1 Å². The summed E-state index contributed by atoms with van der Waals surface area (Å²) in [6, 6.07) is 7.02. The van der Waals surface area contributed by atoms with Crippen LogP contribution in [-0.2, 0) is 4.79 Å². The molecule has 0 bridgehead atoms. The SMILES string of the molecule is O=C(CCC1=NNC2C3CC(c4ccc(F)cc4)NN3C=CN12)N1CCCC1. The number of hydrogen-bond acceptors (Lipinski definition) is 6. The lowest BCUT2D eigenvalue weighted by Crippen LogP contribution is -2.54. The van der Waals surface area contributed by atoms with Crippen molar-refractivity contribution in [2.75, 3.05) is 13.1 Å². The molecule has 0 radical (unpaired) electrons. The third kappa shape index (κ3) is 3.11. The molecule has 3 atom stereocenters. The molecule has 1 amide bonds. The quantitative estimate of drug-likeness (QED) is 0.830. The summed E-state index contributed by atoms with van der Waals surface area (Å²) in [5.41, 5.74) is 7.81. The minimum atomic E-state index is -0.218. The number of hydrogen-bond donors (Lipinski definition) is 2. The van der Waals surface area contributed by atoms with E-state index < -0.39 is 0 Å². The predicted molar refractivity (Wildman–Crippen MR) is 103 cm³/mol. The lowest BCUT2D eigenvalue weighted by atomic mass is 9.99. The zero-order chi connectivity index (χ0) is 19.1. The highest BCUT2D eigenvalue weighted by Crippen LogP contribution is 2.34. The van der Waals surface area contributed by atoms with E-state index in [4.69, 9.17) is 0 Å². The molecule has 3 unspecified atom stereocenters. The van der Waals surface area contributed by atoms with Gasteiger partial charge in [0.1, 0.15) is 17.8 Å². The van der Waals surface area contributed by atoms with Crippen LogP contribution in [0.15, 0.2) is 41.8 Å². The number of amidine groups is 1. The molecule has 1 aromatic carbocycles. The molecule has 4 aliphatic rings. The summed E-state index contributed by atoms with van der Waals surface area (Å²) in [4.78, 5) is 16.4. The summed E-state index contributed by atoms with van der Waals surface area (Å²) in [5.74, 6) is 0.924. The third-order valence-electron chi connectivity index (χ3n) is 6.11. The van der Waals surface area contributed by atoms with E-state index in [-0.39, 0.29) is 30.0 Å². The van der Waals surface area contributed by atoms with Gasteiger partial charge in [-0.25, -0.2) is 9.82 Å². The predicted octanol–water partition coefficient (Wildman–Crippen LogP) is 1.88. The van der Waals surface area contributed by atoms with E-state index in [0.29, 0.717) is 12.8 Å². The Labute approximate surface area is 163 Å². The second-order valence-corrected chi connectivity index (χ2v) is 7.84. The molecule has 1 aromatic rings. The molecule has 4 heterocycles. The molecule has 28 heavy (non-hydrogen) atoms. The van der Waals surface area contributed by atoms with Crippen LogP contribution in [0.25, 0.3) is 0 Å². The molecule has 0 aromatic heterocycles. The lowest BCUT2D eigenvalue weighted by molar-refractivity contribution is -0.129. The van der Waals surface area contributed by atoms with Gasteiger partial charge in [0.2, 0.25) is 5.91 Å². The topological polar surface area (TPSA) is 63.2 Å². The second kappa shape index (κ2) is 7.09. The fourth-order valence-corrected chi connectivity index (χ4v) is 4.57. The number of amides is 1. The Bertz CT molecular complexity index is 803. The van der Waals surface area contributed by atoms with Gasteiger partial charge in [-0.3, -0.25) is 10.2 Å². The highest BCUT2D eigenvalue weighted by Gasteiger charge is 2.44. The number of benzene rings is 1. The number of nitrogens with zero attached hydrogens (tertiary/aromatic N) is 4. The van der Waals surface area contributed by atoms with Crippen molar-refractivity contribution >= 4 is 11.7 Å². The van der Waals surface area contributed by atoms with E-state index in [1.165, 1.54) is 12.1 Å². The molecule has 7 nitrogen and oxygen atoms in total. The Morgan fingerprint density at radius 1 is 1.18 bits per heavy atom. The van der Waals surface area contributed by atoms with Gasteiger partial charge in [0, 0.05) is 38.3 Å². The highest BCUT2D eigenvalue weighted by atomic mass is 19.1. The first-order valence-corrected chi connectivity index (χ1v) is 10.1. The Morgan fingerprint density at radius 3 is 2.75 bits per heavy atom. The zero-order valence-electron chi connectivity index (χ0n) is 15.7. The molecular formula is C20H25FN6O. The number of rotatable bonds is 4. The number of carbonyl (C=O) groups excluding carboxylic acids is 1. The molecule has 2 saturated heterocycles. The molecule has 8 heteroatoms. The number of carbonyl (C=O) groups is 1. The van der Waals surface area contributed by atoms with Gasteiger partial charge in [-0.2, -0.15) is 5.10 Å². The molecule has 148 valence electrons. The third-order valence-corrected chi connectivity index (χ3v) is 6.11. The van der Waals surface area contributed by atoms with Gasteiger partial charge in [-0.15, -0.1) is 0 Å². The van der Waals surface area contributed by atoms with E-state index in [1.54, 1.807) is 0 Å². The van der Waals surface area contributed by atoms with Crippen LogP contribution in [0.1, 0.15) is 43.7 Å². The van der Waals surface area contributed by atoms with Gasteiger partial charge in [0.25, 0.3) is 0 Å².